The average molecular weight is 204 g/mol. The van der Waals surface area contributed by atoms with Crippen molar-refractivity contribution in [3.8, 4) is 0 Å². The molecule has 0 saturated heterocycles. The second kappa shape index (κ2) is 6.06. The Kier molecular flexibility index (Phi) is 5.43. The summed E-state index contributed by atoms with van der Waals surface area (Å²) in [7, 11) is 6.31. The lowest BCUT2D eigenvalue weighted by Gasteiger charge is -2.13. The minimum absolute atomic E-state index is 0.0661. The molecule has 82 valence electrons. The van der Waals surface area contributed by atoms with E-state index in [-0.39, 0.29) is 13.2 Å². The Labute approximate surface area is 83.4 Å². The standard InChI is InChI=1S/C8H16N2O4/c1-9(2)7(11)13-5-6-14-8(12)10(3)4/h5-6H2,1-4H3. The molecule has 2 amide bonds. The van der Waals surface area contributed by atoms with Crippen LogP contribution in [-0.4, -0.2) is 63.4 Å². The Morgan fingerprint density at radius 3 is 1.36 bits per heavy atom. The Morgan fingerprint density at radius 2 is 1.14 bits per heavy atom. The molecule has 0 aromatic heterocycles. The first-order valence-electron chi connectivity index (χ1n) is 4.13. The molecule has 6 heteroatoms. The van der Waals surface area contributed by atoms with Crippen molar-refractivity contribution >= 4 is 12.2 Å². The van der Waals surface area contributed by atoms with Crippen molar-refractivity contribution in [1.82, 2.24) is 9.80 Å². The molecule has 0 rings (SSSR count). The quantitative estimate of drug-likeness (QED) is 0.624. The molecule has 0 atom stereocenters. The summed E-state index contributed by atoms with van der Waals surface area (Å²) in [6.07, 6.45) is -0.906. The second-order valence-electron chi connectivity index (χ2n) is 3.02. The fraction of sp³-hybridized carbons (Fsp3) is 0.750. The molecule has 0 fully saturated rings. The summed E-state index contributed by atoms with van der Waals surface area (Å²) >= 11 is 0. The highest BCUT2D eigenvalue weighted by molar-refractivity contribution is 5.67. The first-order valence-corrected chi connectivity index (χ1v) is 4.13. The van der Waals surface area contributed by atoms with Crippen molar-refractivity contribution < 1.29 is 19.1 Å². The number of ether oxygens (including phenoxy) is 2. The van der Waals surface area contributed by atoms with Gasteiger partial charge in [0.2, 0.25) is 0 Å². The molecule has 0 N–H and O–H groups in total. The van der Waals surface area contributed by atoms with Crippen LogP contribution in [0.1, 0.15) is 0 Å². The molecule has 0 aliphatic heterocycles. The molecular formula is C8H16N2O4. The Morgan fingerprint density at radius 1 is 0.857 bits per heavy atom. The third-order valence-electron chi connectivity index (χ3n) is 1.26. The Hall–Kier alpha value is -1.46. The van der Waals surface area contributed by atoms with Crippen LogP contribution in [-0.2, 0) is 9.47 Å². The number of carbonyl (C=O) groups excluding carboxylic acids is 2. The van der Waals surface area contributed by atoms with Crippen LogP contribution in [0, 0.1) is 0 Å². The first-order chi connectivity index (χ1) is 6.45. The van der Waals surface area contributed by atoms with Crippen LogP contribution in [0.15, 0.2) is 0 Å². The van der Waals surface area contributed by atoms with Crippen LogP contribution < -0.4 is 0 Å². The fourth-order valence-corrected chi connectivity index (χ4v) is 0.516. The summed E-state index contributed by atoms with van der Waals surface area (Å²) in [5.41, 5.74) is 0. The zero-order valence-electron chi connectivity index (χ0n) is 8.94. The zero-order chi connectivity index (χ0) is 11.1. The van der Waals surface area contributed by atoms with Gasteiger partial charge in [-0.2, -0.15) is 0 Å². The van der Waals surface area contributed by atoms with Crippen LogP contribution in [0.4, 0.5) is 9.59 Å². The molecule has 0 bridgehead atoms. The summed E-state index contributed by atoms with van der Waals surface area (Å²) in [5.74, 6) is 0. The molecule has 0 spiro atoms. The molecule has 0 radical (unpaired) electrons. The van der Waals surface area contributed by atoms with E-state index in [2.05, 4.69) is 0 Å². The van der Waals surface area contributed by atoms with E-state index in [9.17, 15) is 9.59 Å². The van der Waals surface area contributed by atoms with Gasteiger partial charge in [-0.05, 0) is 0 Å². The SMILES string of the molecule is CN(C)C(=O)OCCOC(=O)N(C)C. The minimum atomic E-state index is -0.453. The maximum absolute atomic E-state index is 10.9. The van der Waals surface area contributed by atoms with E-state index in [1.165, 1.54) is 9.80 Å². The van der Waals surface area contributed by atoms with Gasteiger partial charge in [0.1, 0.15) is 13.2 Å². The Bertz CT molecular complexity index is 182. The number of rotatable bonds is 3. The van der Waals surface area contributed by atoms with Crippen molar-refractivity contribution in [2.24, 2.45) is 0 Å². The van der Waals surface area contributed by atoms with Gasteiger partial charge in [0, 0.05) is 28.2 Å². The minimum Gasteiger partial charge on any atom is -0.446 e. The van der Waals surface area contributed by atoms with Crippen LogP contribution in [0.2, 0.25) is 0 Å². The fourth-order valence-electron chi connectivity index (χ4n) is 0.516. The van der Waals surface area contributed by atoms with Crippen molar-refractivity contribution in [3.05, 3.63) is 0 Å². The van der Waals surface area contributed by atoms with Gasteiger partial charge in [-0.1, -0.05) is 0 Å². The number of amides is 2. The van der Waals surface area contributed by atoms with Crippen LogP contribution in [0.3, 0.4) is 0 Å². The van der Waals surface area contributed by atoms with E-state index in [1.54, 1.807) is 28.2 Å². The van der Waals surface area contributed by atoms with E-state index >= 15 is 0 Å². The third-order valence-corrected chi connectivity index (χ3v) is 1.26. The van der Waals surface area contributed by atoms with Crippen molar-refractivity contribution in [1.29, 1.82) is 0 Å². The summed E-state index contributed by atoms with van der Waals surface area (Å²) < 4.78 is 9.45. The number of hydrogen-bond donors (Lipinski definition) is 0. The first kappa shape index (κ1) is 12.5. The summed E-state index contributed by atoms with van der Waals surface area (Å²) in [6, 6.07) is 0. The second-order valence-corrected chi connectivity index (χ2v) is 3.02. The number of carbonyl (C=O) groups is 2. The van der Waals surface area contributed by atoms with Crippen LogP contribution >= 0.6 is 0 Å². The zero-order valence-corrected chi connectivity index (χ0v) is 8.94. The predicted octanol–water partition coefficient (Wildman–Crippen LogP) is 0.383. The van der Waals surface area contributed by atoms with Gasteiger partial charge in [0.05, 0.1) is 0 Å². The molecule has 0 unspecified atom stereocenters. The molecule has 14 heavy (non-hydrogen) atoms. The summed E-state index contributed by atoms with van der Waals surface area (Å²) in [6.45, 7) is 0.132. The van der Waals surface area contributed by atoms with Crippen LogP contribution in [0.5, 0.6) is 0 Å². The van der Waals surface area contributed by atoms with E-state index in [4.69, 9.17) is 9.47 Å². The maximum atomic E-state index is 10.9. The van der Waals surface area contributed by atoms with Crippen molar-refractivity contribution in [3.63, 3.8) is 0 Å². The van der Waals surface area contributed by atoms with Crippen LogP contribution in [0.25, 0.3) is 0 Å². The molecule has 0 aromatic rings. The van der Waals surface area contributed by atoms with E-state index in [0.717, 1.165) is 0 Å². The monoisotopic (exact) mass is 204 g/mol. The highest BCUT2D eigenvalue weighted by Gasteiger charge is 2.06. The van der Waals surface area contributed by atoms with E-state index in [1.807, 2.05) is 0 Å². The van der Waals surface area contributed by atoms with Gasteiger partial charge in [-0.3, -0.25) is 0 Å². The lowest BCUT2D eigenvalue weighted by molar-refractivity contribution is 0.0715. The molecule has 0 aliphatic carbocycles. The smallest absolute Gasteiger partial charge is 0.409 e. The molecule has 0 heterocycles. The van der Waals surface area contributed by atoms with E-state index < -0.39 is 12.2 Å². The number of hydrogen-bond acceptors (Lipinski definition) is 4. The van der Waals surface area contributed by atoms with Gasteiger partial charge in [-0.15, -0.1) is 0 Å². The highest BCUT2D eigenvalue weighted by Crippen LogP contribution is 1.88. The molecule has 0 aliphatic rings. The van der Waals surface area contributed by atoms with E-state index in [0.29, 0.717) is 0 Å². The summed E-state index contributed by atoms with van der Waals surface area (Å²) in [5, 5.41) is 0. The lowest BCUT2D eigenvalue weighted by Crippen LogP contribution is -2.27. The highest BCUT2D eigenvalue weighted by atomic mass is 16.6. The predicted molar refractivity (Wildman–Crippen MR) is 50.1 cm³/mol. The average Bonchev–Trinajstić information content (AvgIpc) is 2.11. The maximum Gasteiger partial charge on any atom is 0.409 e. The topological polar surface area (TPSA) is 59.1 Å². The summed E-state index contributed by atoms with van der Waals surface area (Å²) in [4.78, 5) is 24.3. The van der Waals surface area contributed by atoms with Gasteiger partial charge in [0.15, 0.2) is 0 Å². The molecule has 0 saturated carbocycles. The van der Waals surface area contributed by atoms with Gasteiger partial charge >= 0.3 is 12.2 Å². The van der Waals surface area contributed by atoms with Gasteiger partial charge in [-0.25, -0.2) is 9.59 Å². The van der Waals surface area contributed by atoms with Gasteiger partial charge < -0.3 is 19.3 Å². The van der Waals surface area contributed by atoms with Crippen molar-refractivity contribution in [2.75, 3.05) is 41.4 Å². The molecular weight excluding hydrogens is 188 g/mol. The lowest BCUT2D eigenvalue weighted by atomic mass is 10.7. The van der Waals surface area contributed by atoms with Gasteiger partial charge in [0.25, 0.3) is 0 Å². The third kappa shape index (κ3) is 5.23. The molecule has 6 nitrogen and oxygen atoms in total. The van der Waals surface area contributed by atoms with Crippen molar-refractivity contribution in [2.45, 2.75) is 0 Å². The largest absolute Gasteiger partial charge is 0.446 e. The number of nitrogens with zero attached hydrogens (tertiary/aromatic N) is 2. The molecule has 0 aromatic carbocycles. The Balaban J connectivity index is 3.48. The normalized spacial score (nSPS) is 9.14.